The molecule has 0 radical (unpaired) electrons. The average Bonchev–Trinajstić information content (AvgIpc) is 2.21. The van der Waals surface area contributed by atoms with Crippen molar-refractivity contribution in [2.75, 3.05) is 5.88 Å². The minimum absolute atomic E-state index is 0.154. The number of aromatic nitrogens is 1. The molecular weight excluding hydrogens is 198 g/mol. The molecule has 0 bridgehead atoms. The van der Waals surface area contributed by atoms with E-state index in [9.17, 15) is 0 Å². The molecule has 1 aromatic rings. The summed E-state index contributed by atoms with van der Waals surface area (Å²) in [7, 11) is 0. The monoisotopic (exact) mass is 213 g/mol. The number of alkyl halides is 1. The van der Waals surface area contributed by atoms with Gasteiger partial charge in [-0.15, -0.1) is 11.6 Å². The summed E-state index contributed by atoms with van der Waals surface area (Å²) in [6, 6.07) is 4.18. The topological polar surface area (TPSA) is 50.9 Å². The molecule has 0 saturated carbocycles. The predicted molar refractivity (Wildman–Crippen MR) is 59.0 cm³/mol. The van der Waals surface area contributed by atoms with E-state index in [-0.39, 0.29) is 6.04 Å². The van der Waals surface area contributed by atoms with Gasteiger partial charge >= 0.3 is 0 Å². The van der Waals surface area contributed by atoms with Crippen molar-refractivity contribution in [3.63, 3.8) is 0 Å². The number of hydrogen-bond donors (Lipinski definition) is 2. The van der Waals surface area contributed by atoms with Crippen LogP contribution in [-0.4, -0.2) is 10.9 Å². The SMILES string of the molecule is Cc1ccc(C(CCCCl)NN)cn1. The second kappa shape index (κ2) is 5.96. The number of hydrazine groups is 1. The van der Waals surface area contributed by atoms with Crippen LogP contribution in [0.4, 0.5) is 0 Å². The van der Waals surface area contributed by atoms with Gasteiger partial charge in [0.2, 0.25) is 0 Å². The van der Waals surface area contributed by atoms with Gasteiger partial charge in [0.05, 0.1) is 0 Å². The van der Waals surface area contributed by atoms with Crippen LogP contribution >= 0.6 is 11.6 Å². The third-order valence-electron chi connectivity index (χ3n) is 2.16. The van der Waals surface area contributed by atoms with Crippen molar-refractivity contribution >= 4 is 11.6 Å². The van der Waals surface area contributed by atoms with E-state index in [1.165, 1.54) is 0 Å². The lowest BCUT2D eigenvalue weighted by Crippen LogP contribution is -2.28. The fraction of sp³-hybridized carbons (Fsp3) is 0.500. The average molecular weight is 214 g/mol. The Morgan fingerprint density at radius 2 is 2.36 bits per heavy atom. The zero-order chi connectivity index (χ0) is 10.4. The zero-order valence-corrected chi connectivity index (χ0v) is 9.09. The molecule has 0 amide bonds. The van der Waals surface area contributed by atoms with Crippen LogP contribution in [0.1, 0.15) is 30.1 Å². The first kappa shape index (κ1) is 11.4. The molecule has 3 N–H and O–H groups in total. The third kappa shape index (κ3) is 3.25. The number of hydrogen-bond acceptors (Lipinski definition) is 3. The summed E-state index contributed by atoms with van der Waals surface area (Å²) in [6.45, 7) is 1.97. The van der Waals surface area contributed by atoms with Crippen molar-refractivity contribution < 1.29 is 0 Å². The Morgan fingerprint density at radius 1 is 1.57 bits per heavy atom. The van der Waals surface area contributed by atoms with Gasteiger partial charge in [-0.1, -0.05) is 6.07 Å². The predicted octanol–water partition coefficient (Wildman–Crippen LogP) is 1.91. The van der Waals surface area contributed by atoms with E-state index >= 15 is 0 Å². The molecule has 1 heterocycles. The molecule has 1 atom stereocenters. The number of pyridine rings is 1. The molecule has 0 fully saturated rings. The van der Waals surface area contributed by atoms with Crippen molar-refractivity contribution in [3.8, 4) is 0 Å². The lowest BCUT2D eigenvalue weighted by molar-refractivity contribution is 0.510. The summed E-state index contributed by atoms with van der Waals surface area (Å²) in [6.07, 6.45) is 3.74. The van der Waals surface area contributed by atoms with E-state index in [1.807, 2.05) is 25.3 Å². The Morgan fingerprint density at radius 3 is 2.86 bits per heavy atom. The first-order chi connectivity index (χ1) is 6.77. The van der Waals surface area contributed by atoms with Crippen LogP contribution in [0.15, 0.2) is 18.3 Å². The number of nitrogens with one attached hydrogen (secondary N) is 1. The van der Waals surface area contributed by atoms with Gasteiger partial charge in [-0.3, -0.25) is 16.3 Å². The van der Waals surface area contributed by atoms with E-state index in [2.05, 4.69) is 10.4 Å². The standard InChI is InChI=1S/C10H16ClN3/c1-8-4-5-9(7-13-8)10(14-12)3-2-6-11/h4-5,7,10,14H,2-3,6,12H2,1H3. The van der Waals surface area contributed by atoms with E-state index in [0.29, 0.717) is 5.88 Å². The van der Waals surface area contributed by atoms with Gasteiger partial charge in [0.15, 0.2) is 0 Å². The normalized spacial score (nSPS) is 12.8. The largest absolute Gasteiger partial charge is 0.271 e. The first-order valence-electron chi connectivity index (χ1n) is 4.72. The van der Waals surface area contributed by atoms with Gasteiger partial charge in [-0.05, 0) is 31.4 Å². The van der Waals surface area contributed by atoms with Crippen molar-refractivity contribution in [1.82, 2.24) is 10.4 Å². The summed E-state index contributed by atoms with van der Waals surface area (Å²) < 4.78 is 0. The van der Waals surface area contributed by atoms with E-state index in [4.69, 9.17) is 17.4 Å². The molecule has 0 aromatic carbocycles. The van der Waals surface area contributed by atoms with Crippen LogP contribution < -0.4 is 11.3 Å². The van der Waals surface area contributed by atoms with Crippen molar-refractivity contribution in [2.24, 2.45) is 5.84 Å². The molecule has 78 valence electrons. The van der Waals surface area contributed by atoms with Crippen LogP contribution in [0.5, 0.6) is 0 Å². The molecule has 4 heteroatoms. The minimum atomic E-state index is 0.154. The fourth-order valence-electron chi connectivity index (χ4n) is 1.31. The Bertz CT molecular complexity index is 261. The number of rotatable bonds is 5. The van der Waals surface area contributed by atoms with Gasteiger partial charge in [0.25, 0.3) is 0 Å². The second-order valence-electron chi connectivity index (χ2n) is 3.28. The van der Waals surface area contributed by atoms with Crippen molar-refractivity contribution in [1.29, 1.82) is 0 Å². The van der Waals surface area contributed by atoms with Gasteiger partial charge in [0, 0.05) is 23.8 Å². The summed E-state index contributed by atoms with van der Waals surface area (Å²) in [5.41, 5.74) is 4.90. The number of aryl methyl sites for hydroxylation is 1. The summed E-state index contributed by atoms with van der Waals surface area (Å²) >= 11 is 5.63. The maximum absolute atomic E-state index is 5.63. The van der Waals surface area contributed by atoms with Crippen LogP contribution in [-0.2, 0) is 0 Å². The molecule has 1 unspecified atom stereocenters. The van der Waals surface area contributed by atoms with Crippen molar-refractivity contribution in [2.45, 2.75) is 25.8 Å². The van der Waals surface area contributed by atoms with E-state index < -0.39 is 0 Å². The molecule has 14 heavy (non-hydrogen) atoms. The highest BCUT2D eigenvalue weighted by molar-refractivity contribution is 6.17. The van der Waals surface area contributed by atoms with Crippen LogP contribution in [0, 0.1) is 6.92 Å². The van der Waals surface area contributed by atoms with Crippen LogP contribution in [0.3, 0.4) is 0 Å². The molecule has 0 aliphatic heterocycles. The van der Waals surface area contributed by atoms with Gasteiger partial charge in [-0.25, -0.2) is 0 Å². The minimum Gasteiger partial charge on any atom is -0.271 e. The van der Waals surface area contributed by atoms with Gasteiger partial charge in [0.1, 0.15) is 0 Å². The lowest BCUT2D eigenvalue weighted by atomic mass is 10.1. The first-order valence-corrected chi connectivity index (χ1v) is 5.26. The van der Waals surface area contributed by atoms with Gasteiger partial charge in [-0.2, -0.15) is 0 Å². The highest BCUT2D eigenvalue weighted by Crippen LogP contribution is 2.16. The number of nitrogens with zero attached hydrogens (tertiary/aromatic N) is 1. The molecule has 3 nitrogen and oxygen atoms in total. The molecule has 0 aliphatic rings. The third-order valence-corrected chi connectivity index (χ3v) is 2.43. The number of nitrogens with two attached hydrogens (primary N) is 1. The Balaban J connectivity index is 2.64. The lowest BCUT2D eigenvalue weighted by Gasteiger charge is -2.15. The Hall–Kier alpha value is -0.640. The Kier molecular flexibility index (Phi) is 4.87. The molecular formula is C10H16ClN3. The molecule has 0 spiro atoms. The summed E-state index contributed by atoms with van der Waals surface area (Å²) in [5, 5.41) is 0. The van der Waals surface area contributed by atoms with Crippen LogP contribution in [0.2, 0.25) is 0 Å². The Labute approximate surface area is 89.6 Å². The van der Waals surface area contributed by atoms with Gasteiger partial charge < -0.3 is 0 Å². The summed E-state index contributed by atoms with van der Waals surface area (Å²) in [5.74, 6) is 6.13. The van der Waals surface area contributed by atoms with Crippen molar-refractivity contribution in [3.05, 3.63) is 29.6 Å². The maximum atomic E-state index is 5.63. The molecule has 1 rings (SSSR count). The fourth-order valence-corrected chi connectivity index (χ4v) is 1.47. The van der Waals surface area contributed by atoms with E-state index in [0.717, 1.165) is 24.1 Å². The molecule has 0 aliphatic carbocycles. The van der Waals surface area contributed by atoms with Crippen LogP contribution in [0.25, 0.3) is 0 Å². The molecule has 0 saturated heterocycles. The zero-order valence-electron chi connectivity index (χ0n) is 8.33. The highest BCUT2D eigenvalue weighted by Gasteiger charge is 2.08. The smallest absolute Gasteiger partial charge is 0.0475 e. The van der Waals surface area contributed by atoms with E-state index in [1.54, 1.807) is 0 Å². The second-order valence-corrected chi connectivity index (χ2v) is 3.66. The highest BCUT2D eigenvalue weighted by atomic mass is 35.5. The summed E-state index contributed by atoms with van der Waals surface area (Å²) in [4.78, 5) is 4.23. The molecule has 1 aromatic heterocycles. The maximum Gasteiger partial charge on any atom is 0.0475 e. The number of halogens is 1. The quantitative estimate of drug-likeness (QED) is 0.446.